The van der Waals surface area contributed by atoms with E-state index in [0.717, 1.165) is 12.8 Å². The largest absolute Gasteiger partial charge is 0.519 e. The van der Waals surface area contributed by atoms with E-state index in [4.69, 9.17) is 25.5 Å². The SMILES string of the molecule is CCCC(C(=O)OCC)N(C(C)C(=O)O[Si](C)(C)C)[Si](C)(C)C.CCCC(NC(C)C(=O)Cl)C(=O)OCC. The lowest BCUT2D eigenvalue weighted by molar-refractivity contribution is -0.151. The van der Waals surface area contributed by atoms with E-state index in [-0.39, 0.29) is 23.9 Å². The van der Waals surface area contributed by atoms with Crippen molar-refractivity contribution in [1.82, 2.24) is 9.88 Å². The molecule has 9 nitrogen and oxygen atoms in total. The van der Waals surface area contributed by atoms with Gasteiger partial charge in [-0.05, 0) is 71.8 Å². The zero-order valence-corrected chi connectivity index (χ0v) is 28.5. The zero-order valence-electron chi connectivity index (χ0n) is 25.7. The van der Waals surface area contributed by atoms with Crippen LogP contribution in [0.5, 0.6) is 0 Å². The highest BCUT2D eigenvalue weighted by Crippen LogP contribution is 2.23. The highest BCUT2D eigenvalue weighted by molar-refractivity contribution is 6.74. The van der Waals surface area contributed by atoms with E-state index >= 15 is 0 Å². The number of hydrogen-bond donors (Lipinski definition) is 1. The molecule has 0 aromatic rings. The van der Waals surface area contributed by atoms with Gasteiger partial charge in [0.25, 0.3) is 0 Å². The minimum atomic E-state index is -1.96. The molecule has 0 aromatic heterocycles. The lowest BCUT2D eigenvalue weighted by Crippen LogP contribution is -2.61. The average Bonchev–Trinajstić information content (AvgIpc) is 2.76. The van der Waals surface area contributed by atoms with Crippen molar-refractivity contribution < 1.29 is 33.1 Å². The Morgan fingerprint density at radius 2 is 1.26 bits per heavy atom. The van der Waals surface area contributed by atoms with Crippen LogP contribution in [0, 0.1) is 0 Å². The summed E-state index contributed by atoms with van der Waals surface area (Å²) in [6.07, 6.45) is 3.01. The van der Waals surface area contributed by atoms with Crippen molar-refractivity contribution in [3.8, 4) is 0 Å². The van der Waals surface area contributed by atoms with Gasteiger partial charge < -0.3 is 13.9 Å². The van der Waals surface area contributed by atoms with Gasteiger partial charge in [0, 0.05) is 0 Å². The Labute approximate surface area is 237 Å². The summed E-state index contributed by atoms with van der Waals surface area (Å²) in [5, 5.41) is 2.35. The van der Waals surface area contributed by atoms with Gasteiger partial charge in [-0.15, -0.1) is 0 Å². The van der Waals surface area contributed by atoms with Crippen molar-refractivity contribution in [3.05, 3.63) is 0 Å². The molecule has 0 rings (SSSR count). The van der Waals surface area contributed by atoms with Gasteiger partial charge >= 0.3 is 17.9 Å². The van der Waals surface area contributed by atoms with Crippen molar-refractivity contribution in [2.45, 2.75) is 131 Å². The number of nitrogens with one attached hydrogen (secondary N) is 1. The summed E-state index contributed by atoms with van der Waals surface area (Å²) in [7, 11) is -3.89. The molecule has 4 unspecified atom stereocenters. The van der Waals surface area contributed by atoms with Crippen LogP contribution in [0.25, 0.3) is 0 Å². The fraction of sp³-hybridized carbons (Fsp3) is 0.846. The van der Waals surface area contributed by atoms with Gasteiger partial charge in [0.15, 0.2) is 0 Å². The highest BCUT2D eigenvalue weighted by atomic mass is 35.5. The predicted octanol–water partition coefficient (Wildman–Crippen LogP) is 5.08. The summed E-state index contributed by atoms with van der Waals surface area (Å²) >= 11 is 5.30. The fourth-order valence-electron chi connectivity index (χ4n) is 3.87. The van der Waals surface area contributed by atoms with Gasteiger partial charge in [0.2, 0.25) is 13.6 Å². The predicted molar refractivity (Wildman–Crippen MR) is 158 cm³/mol. The van der Waals surface area contributed by atoms with Crippen molar-refractivity contribution in [2.75, 3.05) is 13.2 Å². The van der Waals surface area contributed by atoms with Gasteiger partial charge in [-0.25, -0.2) is 0 Å². The van der Waals surface area contributed by atoms with Crippen molar-refractivity contribution in [3.63, 3.8) is 0 Å². The van der Waals surface area contributed by atoms with Gasteiger partial charge in [-0.3, -0.25) is 29.1 Å². The molecular weight excluding hydrogens is 544 g/mol. The molecule has 12 heteroatoms. The molecule has 0 fully saturated rings. The molecule has 0 amide bonds. The van der Waals surface area contributed by atoms with E-state index in [1.807, 2.05) is 47.3 Å². The fourth-order valence-corrected chi connectivity index (χ4v) is 7.14. The lowest BCUT2D eigenvalue weighted by atomic mass is 10.1. The zero-order chi connectivity index (χ0) is 30.3. The minimum absolute atomic E-state index is 0.225. The number of carbonyl (C=O) groups is 4. The number of ether oxygens (including phenoxy) is 2. The van der Waals surface area contributed by atoms with Gasteiger partial charge in [-0.2, -0.15) is 0 Å². The van der Waals surface area contributed by atoms with Crippen LogP contribution in [-0.2, 0) is 33.1 Å². The first-order chi connectivity index (χ1) is 17.4. The van der Waals surface area contributed by atoms with Crippen molar-refractivity contribution >= 4 is 51.3 Å². The first kappa shape index (κ1) is 38.9. The molecule has 0 aliphatic heterocycles. The molecule has 0 spiro atoms. The third-order valence-electron chi connectivity index (χ3n) is 5.34. The van der Waals surface area contributed by atoms with Crippen LogP contribution in [0.4, 0.5) is 0 Å². The minimum Gasteiger partial charge on any atom is -0.519 e. The monoisotopic (exact) mass is 596 g/mol. The number of esters is 2. The molecule has 38 heavy (non-hydrogen) atoms. The standard InChI is InChI=1S/C16H35NO4Si2.C10H18ClNO3/c1-10-12-14(16(19)20-11-2)17(22(4,5)6)13(3)15(18)21-23(7,8)9;1-4-6-8(10(14)15-5-2)12-7(3)9(11)13/h13-14H,10-12H2,1-9H3;7-8,12H,4-6H2,1-3H3. The van der Waals surface area contributed by atoms with E-state index in [1.165, 1.54) is 0 Å². The Morgan fingerprint density at radius 3 is 1.63 bits per heavy atom. The molecule has 0 heterocycles. The number of halogens is 1. The molecule has 0 saturated heterocycles. The molecule has 0 saturated carbocycles. The van der Waals surface area contributed by atoms with E-state index < -0.39 is 39.9 Å². The Hall–Kier alpha value is -1.28. The average molecular weight is 597 g/mol. The number of rotatable bonds is 16. The van der Waals surface area contributed by atoms with Crippen LogP contribution in [0.1, 0.15) is 67.2 Å². The van der Waals surface area contributed by atoms with Crippen molar-refractivity contribution in [1.29, 1.82) is 0 Å². The van der Waals surface area contributed by atoms with E-state index in [1.54, 1.807) is 13.8 Å². The molecule has 0 aliphatic rings. The van der Waals surface area contributed by atoms with Crippen LogP contribution >= 0.6 is 11.6 Å². The first-order valence-corrected chi connectivity index (χ1v) is 20.9. The third-order valence-corrected chi connectivity index (χ3v) is 8.73. The van der Waals surface area contributed by atoms with Gasteiger partial charge in [-0.1, -0.05) is 46.3 Å². The molecule has 0 aliphatic carbocycles. The summed E-state index contributed by atoms with van der Waals surface area (Å²) in [5.41, 5.74) is 0. The molecular formula is C26H53ClN2O7Si2. The Kier molecular flexibility index (Phi) is 19.3. The molecule has 0 radical (unpaired) electrons. The Morgan fingerprint density at radius 1 is 0.789 bits per heavy atom. The summed E-state index contributed by atoms with van der Waals surface area (Å²) < 4.78 is 17.9. The topological polar surface area (TPSA) is 111 Å². The van der Waals surface area contributed by atoms with E-state index in [0.29, 0.717) is 26.1 Å². The first-order valence-electron chi connectivity index (χ1n) is 13.7. The van der Waals surface area contributed by atoms with Crippen LogP contribution in [0.15, 0.2) is 0 Å². The second-order valence-electron chi connectivity index (χ2n) is 11.1. The maximum atomic E-state index is 12.6. The van der Waals surface area contributed by atoms with Crippen LogP contribution in [0.2, 0.25) is 39.3 Å². The third kappa shape index (κ3) is 16.0. The summed E-state index contributed by atoms with van der Waals surface area (Å²) in [4.78, 5) is 47.3. The number of hydrogen-bond acceptors (Lipinski definition) is 9. The number of carbonyl (C=O) groups excluding carboxylic acids is 4. The number of nitrogens with zero attached hydrogens (tertiary/aromatic N) is 1. The van der Waals surface area contributed by atoms with Crippen molar-refractivity contribution in [2.24, 2.45) is 0 Å². The summed E-state index contributed by atoms with van der Waals surface area (Å²) in [6.45, 7) is 24.1. The molecule has 0 bridgehead atoms. The second-order valence-corrected chi connectivity index (χ2v) is 20.8. The maximum absolute atomic E-state index is 12.6. The van der Waals surface area contributed by atoms with Gasteiger partial charge in [0.05, 0.1) is 25.3 Å². The van der Waals surface area contributed by atoms with E-state index in [2.05, 4.69) is 29.5 Å². The molecule has 1 N–H and O–H groups in total. The lowest BCUT2D eigenvalue weighted by Gasteiger charge is -2.43. The summed E-state index contributed by atoms with van der Waals surface area (Å²) in [6, 6.07) is -1.80. The smallest absolute Gasteiger partial charge is 0.323 e. The molecule has 0 aromatic carbocycles. The maximum Gasteiger partial charge on any atom is 0.323 e. The van der Waals surface area contributed by atoms with E-state index in [9.17, 15) is 19.2 Å². The highest BCUT2D eigenvalue weighted by Gasteiger charge is 2.42. The van der Waals surface area contributed by atoms with Crippen LogP contribution < -0.4 is 5.32 Å². The Balaban J connectivity index is 0. The Bertz CT molecular complexity index is 742. The second kappa shape index (κ2) is 18.9. The van der Waals surface area contributed by atoms with Crippen LogP contribution in [0.3, 0.4) is 0 Å². The van der Waals surface area contributed by atoms with Crippen LogP contribution in [-0.4, -0.2) is 81.6 Å². The molecule has 4 atom stereocenters. The normalized spacial score (nSPS) is 14.9. The quantitative estimate of drug-likeness (QED) is 0.148. The summed E-state index contributed by atoms with van der Waals surface area (Å²) in [5.74, 6) is -0.787. The van der Waals surface area contributed by atoms with Gasteiger partial charge in [0.1, 0.15) is 20.3 Å². The molecule has 224 valence electrons.